The zero-order chi connectivity index (χ0) is 18.9. The van der Waals surface area contributed by atoms with Gasteiger partial charge in [0.15, 0.2) is 5.69 Å². The van der Waals surface area contributed by atoms with Crippen molar-refractivity contribution in [3.05, 3.63) is 46.7 Å². The van der Waals surface area contributed by atoms with Crippen LogP contribution in [0.15, 0.2) is 30.3 Å². The van der Waals surface area contributed by atoms with Crippen molar-refractivity contribution in [1.29, 1.82) is 0 Å². The number of rotatable bonds is 2. The molecule has 2 aromatic rings. The summed E-state index contributed by atoms with van der Waals surface area (Å²) in [6.45, 7) is 2.43. The molecule has 1 aliphatic rings. The smallest absolute Gasteiger partial charge is 0.336 e. The molecule has 140 valence electrons. The van der Waals surface area contributed by atoms with Gasteiger partial charge in [0, 0.05) is 25.7 Å². The van der Waals surface area contributed by atoms with Crippen LogP contribution in [0.1, 0.15) is 22.6 Å². The van der Waals surface area contributed by atoms with Gasteiger partial charge in [0.25, 0.3) is 5.91 Å². The van der Waals surface area contributed by atoms with Gasteiger partial charge < -0.3 is 9.80 Å². The molecule has 0 bridgehead atoms. The van der Waals surface area contributed by atoms with E-state index in [2.05, 4.69) is 10.00 Å². The highest BCUT2D eigenvalue weighted by molar-refractivity contribution is 6.32. The Morgan fingerprint density at radius 2 is 1.88 bits per heavy atom. The van der Waals surface area contributed by atoms with Gasteiger partial charge in [-0.25, -0.2) is 4.68 Å². The Morgan fingerprint density at radius 3 is 2.58 bits per heavy atom. The topological polar surface area (TPSA) is 41.4 Å². The minimum atomic E-state index is -4.65. The number of hydrogen-bond donors (Lipinski definition) is 0. The van der Waals surface area contributed by atoms with Gasteiger partial charge in [-0.2, -0.15) is 18.3 Å². The average molecular weight is 387 g/mol. The maximum absolute atomic E-state index is 13.2. The molecule has 2 heterocycles. The lowest BCUT2D eigenvalue weighted by Gasteiger charge is -2.21. The predicted molar refractivity (Wildman–Crippen MR) is 91.6 cm³/mol. The number of likely N-dealkylation sites (N-methyl/N-ethyl adjacent to an activating group) is 1. The minimum Gasteiger partial charge on any atom is -0.336 e. The Balaban J connectivity index is 2.03. The fourth-order valence-corrected chi connectivity index (χ4v) is 3.11. The summed E-state index contributed by atoms with van der Waals surface area (Å²) in [5, 5.41) is 3.83. The Kier molecular flexibility index (Phi) is 5.24. The summed E-state index contributed by atoms with van der Waals surface area (Å²) in [6.07, 6.45) is -3.89. The molecular formula is C17H18ClF3N4O. The van der Waals surface area contributed by atoms with Gasteiger partial charge in [0.2, 0.25) is 0 Å². The number of halogens is 4. The first-order valence-electron chi connectivity index (χ1n) is 8.17. The van der Waals surface area contributed by atoms with Gasteiger partial charge in [-0.15, -0.1) is 0 Å². The monoisotopic (exact) mass is 386 g/mol. The number of carbonyl (C=O) groups is 1. The van der Waals surface area contributed by atoms with Crippen molar-refractivity contribution in [1.82, 2.24) is 19.6 Å². The molecule has 1 aliphatic heterocycles. The van der Waals surface area contributed by atoms with Gasteiger partial charge >= 0.3 is 6.18 Å². The molecule has 1 amide bonds. The third-order valence-electron chi connectivity index (χ3n) is 4.31. The van der Waals surface area contributed by atoms with Crippen molar-refractivity contribution in [2.75, 3.05) is 33.2 Å². The van der Waals surface area contributed by atoms with Crippen LogP contribution >= 0.6 is 11.6 Å². The Bertz CT molecular complexity index is 806. The molecule has 0 atom stereocenters. The molecule has 5 nitrogen and oxygen atoms in total. The molecule has 0 spiro atoms. The summed E-state index contributed by atoms with van der Waals surface area (Å²) >= 11 is 6.12. The van der Waals surface area contributed by atoms with Crippen LogP contribution in [0.4, 0.5) is 13.2 Å². The summed E-state index contributed by atoms with van der Waals surface area (Å²) < 4.78 is 40.5. The molecule has 0 radical (unpaired) electrons. The number of amides is 1. The summed E-state index contributed by atoms with van der Waals surface area (Å²) in [7, 11) is 1.95. The van der Waals surface area contributed by atoms with Gasteiger partial charge in [-0.3, -0.25) is 4.79 Å². The third kappa shape index (κ3) is 3.86. The van der Waals surface area contributed by atoms with Crippen LogP contribution in [0.3, 0.4) is 0 Å². The molecule has 26 heavy (non-hydrogen) atoms. The summed E-state index contributed by atoms with van der Waals surface area (Å²) in [4.78, 5) is 16.6. The lowest BCUT2D eigenvalue weighted by atomic mass is 10.2. The Morgan fingerprint density at radius 1 is 1.15 bits per heavy atom. The quantitative estimate of drug-likeness (QED) is 0.795. The second-order valence-electron chi connectivity index (χ2n) is 6.22. The van der Waals surface area contributed by atoms with E-state index in [0.29, 0.717) is 19.6 Å². The molecule has 1 aromatic heterocycles. The standard InChI is InChI=1S/C17H18ClF3N4O/c1-23-7-4-8-24(10-9-23)16(26)14-11-15(17(19,20)21)22-25(14)13-6-3-2-5-12(13)18/h2-3,5-6,11H,4,7-10H2,1H3. The largest absolute Gasteiger partial charge is 0.435 e. The fourth-order valence-electron chi connectivity index (χ4n) is 2.89. The van der Waals surface area contributed by atoms with Crippen molar-refractivity contribution < 1.29 is 18.0 Å². The van der Waals surface area contributed by atoms with E-state index in [1.54, 1.807) is 23.1 Å². The number of alkyl halides is 3. The first-order chi connectivity index (χ1) is 12.3. The van der Waals surface area contributed by atoms with Gasteiger partial charge in [-0.1, -0.05) is 23.7 Å². The lowest BCUT2D eigenvalue weighted by Crippen LogP contribution is -2.35. The van der Waals surface area contributed by atoms with E-state index in [-0.39, 0.29) is 16.4 Å². The second kappa shape index (κ2) is 7.28. The van der Waals surface area contributed by atoms with Crippen LogP contribution in [-0.2, 0) is 6.18 Å². The zero-order valence-electron chi connectivity index (χ0n) is 14.1. The summed E-state index contributed by atoms with van der Waals surface area (Å²) in [6, 6.07) is 7.15. The number of carbonyl (C=O) groups excluding carboxylic acids is 1. The van der Waals surface area contributed by atoms with Crippen LogP contribution < -0.4 is 0 Å². The predicted octanol–water partition coefficient (Wildman–Crippen LogP) is 3.32. The average Bonchev–Trinajstić information content (AvgIpc) is 2.92. The van der Waals surface area contributed by atoms with Crippen molar-refractivity contribution in [3.63, 3.8) is 0 Å². The van der Waals surface area contributed by atoms with Gasteiger partial charge in [-0.05, 0) is 32.1 Å². The molecule has 0 unspecified atom stereocenters. The summed E-state index contributed by atoms with van der Waals surface area (Å²) in [5.74, 6) is -0.483. The second-order valence-corrected chi connectivity index (χ2v) is 6.63. The first-order valence-corrected chi connectivity index (χ1v) is 8.55. The minimum absolute atomic E-state index is 0.144. The number of para-hydroxylation sites is 1. The molecule has 1 saturated heterocycles. The number of benzene rings is 1. The highest BCUT2D eigenvalue weighted by atomic mass is 35.5. The maximum Gasteiger partial charge on any atom is 0.435 e. The van der Waals surface area contributed by atoms with E-state index in [4.69, 9.17) is 11.6 Å². The van der Waals surface area contributed by atoms with E-state index in [1.165, 1.54) is 6.07 Å². The summed E-state index contributed by atoms with van der Waals surface area (Å²) in [5.41, 5.74) is -1.03. The van der Waals surface area contributed by atoms with Gasteiger partial charge in [0.05, 0.1) is 10.7 Å². The van der Waals surface area contributed by atoms with Crippen molar-refractivity contribution in [3.8, 4) is 5.69 Å². The molecular weight excluding hydrogens is 369 g/mol. The van der Waals surface area contributed by atoms with Crippen LogP contribution in [0.25, 0.3) is 5.69 Å². The van der Waals surface area contributed by atoms with E-state index < -0.39 is 17.8 Å². The maximum atomic E-state index is 13.2. The normalized spacial score (nSPS) is 16.6. The van der Waals surface area contributed by atoms with Crippen molar-refractivity contribution in [2.24, 2.45) is 0 Å². The van der Waals surface area contributed by atoms with Crippen LogP contribution in [-0.4, -0.2) is 58.7 Å². The molecule has 0 N–H and O–H groups in total. The Labute approximate surface area is 153 Å². The molecule has 9 heteroatoms. The molecule has 1 aromatic carbocycles. The SMILES string of the molecule is CN1CCCN(C(=O)c2cc(C(F)(F)F)nn2-c2ccccc2Cl)CC1. The van der Waals surface area contributed by atoms with E-state index in [0.717, 1.165) is 23.7 Å². The van der Waals surface area contributed by atoms with Crippen molar-refractivity contribution in [2.45, 2.75) is 12.6 Å². The van der Waals surface area contributed by atoms with E-state index >= 15 is 0 Å². The van der Waals surface area contributed by atoms with E-state index in [9.17, 15) is 18.0 Å². The highest BCUT2D eigenvalue weighted by Crippen LogP contribution is 2.31. The van der Waals surface area contributed by atoms with E-state index in [1.807, 2.05) is 7.05 Å². The molecule has 1 fully saturated rings. The lowest BCUT2D eigenvalue weighted by molar-refractivity contribution is -0.141. The number of hydrogen-bond acceptors (Lipinski definition) is 3. The highest BCUT2D eigenvalue weighted by Gasteiger charge is 2.37. The first kappa shape index (κ1) is 18.7. The number of nitrogens with zero attached hydrogens (tertiary/aromatic N) is 4. The van der Waals surface area contributed by atoms with Gasteiger partial charge in [0.1, 0.15) is 5.69 Å². The van der Waals surface area contributed by atoms with Crippen LogP contribution in [0.5, 0.6) is 0 Å². The van der Waals surface area contributed by atoms with Crippen molar-refractivity contribution >= 4 is 17.5 Å². The fraction of sp³-hybridized carbons (Fsp3) is 0.412. The van der Waals surface area contributed by atoms with Crippen LogP contribution in [0.2, 0.25) is 5.02 Å². The number of aromatic nitrogens is 2. The Hall–Kier alpha value is -2.06. The molecule has 0 saturated carbocycles. The van der Waals surface area contributed by atoms with Crippen LogP contribution in [0, 0.1) is 0 Å². The molecule has 0 aliphatic carbocycles. The molecule has 3 rings (SSSR count). The third-order valence-corrected chi connectivity index (χ3v) is 4.63. The zero-order valence-corrected chi connectivity index (χ0v) is 14.9.